The van der Waals surface area contributed by atoms with Crippen LogP contribution in [0.1, 0.15) is 25.5 Å². The molecule has 2 atom stereocenters. The first kappa shape index (κ1) is 14.8. The summed E-state index contributed by atoms with van der Waals surface area (Å²) in [6.07, 6.45) is -1.33. The number of rotatable bonds is 4. The lowest BCUT2D eigenvalue weighted by Gasteiger charge is -2.27. The Kier molecular flexibility index (Phi) is 4.47. The van der Waals surface area contributed by atoms with E-state index in [9.17, 15) is 13.5 Å². The monoisotopic (exact) mass is 296 g/mol. The molecule has 0 saturated carbocycles. The molecule has 1 aromatic rings. The van der Waals surface area contributed by atoms with Crippen LogP contribution in [0.15, 0.2) is 24.3 Å². The van der Waals surface area contributed by atoms with Gasteiger partial charge in [0.05, 0.1) is 0 Å². The number of hydrogen-bond donors (Lipinski definition) is 1. The van der Waals surface area contributed by atoms with Crippen LogP contribution in [0.5, 0.6) is 0 Å². The Morgan fingerprint density at radius 3 is 2.53 bits per heavy atom. The first-order chi connectivity index (χ1) is 7.72. The summed E-state index contributed by atoms with van der Waals surface area (Å²) in [5.74, 6) is -0.134. The van der Waals surface area contributed by atoms with Gasteiger partial charge in [0.25, 0.3) is 0 Å². The molecule has 0 amide bonds. The number of halogens is 2. The quantitative estimate of drug-likeness (QED) is 0.869. The highest BCUT2D eigenvalue weighted by molar-refractivity contribution is 7.94. The molecule has 0 aliphatic heterocycles. The Balaban J connectivity index is 3.17. The van der Waals surface area contributed by atoms with Gasteiger partial charge in [-0.05, 0) is 24.6 Å². The van der Waals surface area contributed by atoms with Crippen LogP contribution in [-0.4, -0.2) is 23.5 Å². The molecular formula is C11H14Cl2O3S. The van der Waals surface area contributed by atoms with E-state index in [4.69, 9.17) is 23.2 Å². The number of benzene rings is 1. The fourth-order valence-electron chi connectivity index (χ4n) is 1.43. The van der Waals surface area contributed by atoms with Gasteiger partial charge in [0, 0.05) is 10.8 Å². The average Bonchev–Trinajstić information content (AvgIpc) is 2.27. The van der Waals surface area contributed by atoms with Crippen LogP contribution in [0.2, 0.25) is 5.02 Å². The van der Waals surface area contributed by atoms with Crippen LogP contribution in [0.25, 0.3) is 0 Å². The third kappa shape index (κ3) is 2.94. The van der Waals surface area contributed by atoms with Crippen molar-refractivity contribution in [3.05, 3.63) is 34.9 Å². The Bertz CT molecular complexity index is 497. The first-order valence-electron chi connectivity index (χ1n) is 5.07. The van der Waals surface area contributed by atoms with Crippen LogP contribution < -0.4 is 0 Å². The lowest BCUT2D eigenvalue weighted by Crippen LogP contribution is -2.37. The van der Waals surface area contributed by atoms with Gasteiger partial charge in [0.15, 0.2) is 14.0 Å². The van der Waals surface area contributed by atoms with Gasteiger partial charge in [-0.2, -0.15) is 0 Å². The lowest BCUT2D eigenvalue weighted by atomic mass is 10.1. The second-order valence-electron chi connectivity index (χ2n) is 3.85. The highest BCUT2D eigenvalue weighted by Gasteiger charge is 2.43. The fraction of sp³-hybridized carbons (Fsp3) is 0.455. The third-order valence-electron chi connectivity index (χ3n) is 2.64. The molecule has 96 valence electrons. The molecule has 0 aromatic heterocycles. The molecule has 17 heavy (non-hydrogen) atoms. The van der Waals surface area contributed by atoms with Gasteiger partial charge < -0.3 is 5.11 Å². The zero-order valence-electron chi connectivity index (χ0n) is 9.52. The second-order valence-corrected chi connectivity index (χ2v) is 7.95. The van der Waals surface area contributed by atoms with Crippen LogP contribution in [0.3, 0.4) is 0 Å². The van der Waals surface area contributed by atoms with E-state index in [1.165, 1.54) is 19.9 Å². The minimum Gasteiger partial charge on any atom is -0.385 e. The van der Waals surface area contributed by atoms with Crippen molar-refractivity contribution in [3.63, 3.8) is 0 Å². The summed E-state index contributed by atoms with van der Waals surface area (Å²) < 4.78 is 21.8. The minimum absolute atomic E-state index is 0.134. The van der Waals surface area contributed by atoms with Crippen molar-refractivity contribution in [2.24, 2.45) is 0 Å². The van der Waals surface area contributed by atoms with Gasteiger partial charge in [-0.1, -0.05) is 42.3 Å². The molecule has 1 aromatic carbocycles. The Hall–Kier alpha value is -0.290. The predicted molar refractivity (Wildman–Crippen MR) is 70.1 cm³/mol. The zero-order valence-corrected chi connectivity index (χ0v) is 11.9. The molecule has 1 N–H and O–H groups in total. The number of aliphatic hydroxyl groups excluding tert-OH is 1. The first-order valence-corrected chi connectivity index (χ1v) is 7.48. The van der Waals surface area contributed by atoms with E-state index in [2.05, 4.69) is 0 Å². The topological polar surface area (TPSA) is 54.4 Å². The van der Waals surface area contributed by atoms with Crippen molar-refractivity contribution >= 4 is 33.0 Å². The maximum Gasteiger partial charge on any atom is 0.172 e. The van der Waals surface area contributed by atoms with Gasteiger partial charge in [0.2, 0.25) is 0 Å². The van der Waals surface area contributed by atoms with Gasteiger partial charge in [-0.15, -0.1) is 0 Å². The smallest absolute Gasteiger partial charge is 0.172 e. The largest absolute Gasteiger partial charge is 0.385 e. The summed E-state index contributed by atoms with van der Waals surface area (Å²) in [6.45, 7) is 2.78. The Morgan fingerprint density at radius 2 is 2.06 bits per heavy atom. The summed E-state index contributed by atoms with van der Waals surface area (Å²) in [6, 6.07) is 6.35. The second kappa shape index (κ2) is 5.14. The maximum absolute atomic E-state index is 11.8. The molecule has 0 radical (unpaired) electrons. The highest BCUT2D eigenvalue weighted by Crippen LogP contribution is 2.37. The van der Waals surface area contributed by atoms with E-state index in [0.717, 1.165) is 0 Å². The van der Waals surface area contributed by atoms with Gasteiger partial charge in [0.1, 0.15) is 6.10 Å². The molecule has 0 bridgehead atoms. The van der Waals surface area contributed by atoms with Crippen LogP contribution in [-0.2, 0) is 9.84 Å². The van der Waals surface area contributed by atoms with Crippen molar-refractivity contribution in [1.82, 2.24) is 0 Å². The summed E-state index contributed by atoms with van der Waals surface area (Å²) in [5.41, 5.74) is 0.382. The van der Waals surface area contributed by atoms with E-state index in [0.29, 0.717) is 10.6 Å². The van der Waals surface area contributed by atoms with E-state index < -0.39 is 20.1 Å². The SMILES string of the molecule is CCS(=O)(=O)C(C)(Cl)C(O)c1cccc(Cl)c1. The molecule has 0 spiro atoms. The molecule has 0 fully saturated rings. The summed E-state index contributed by atoms with van der Waals surface area (Å²) in [4.78, 5) is 0. The number of alkyl halides is 1. The van der Waals surface area contributed by atoms with Crippen molar-refractivity contribution in [3.8, 4) is 0 Å². The summed E-state index contributed by atoms with van der Waals surface area (Å²) in [5, 5.41) is 10.5. The fourth-order valence-corrected chi connectivity index (χ4v) is 3.12. The zero-order chi connectivity index (χ0) is 13.3. The van der Waals surface area contributed by atoms with Crippen LogP contribution >= 0.6 is 23.2 Å². The molecule has 3 nitrogen and oxygen atoms in total. The van der Waals surface area contributed by atoms with Crippen molar-refractivity contribution < 1.29 is 13.5 Å². The minimum atomic E-state index is -3.59. The normalized spacial score (nSPS) is 17.5. The Labute approximate surface area is 111 Å². The molecule has 1 rings (SSSR count). The summed E-state index contributed by atoms with van der Waals surface area (Å²) >= 11 is 11.8. The number of hydrogen-bond acceptors (Lipinski definition) is 3. The number of aliphatic hydroxyl groups is 1. The number of sulfone groups is 1. The van der Waals surface area contributed by atoms with Gasteiger partial charge in [-0.25, -0.2) is 8.42 Å². The standard InChI is InChI=1S/C11H14Cl2O3S/c1-3-17(15,16)11(2,13)10(14)8-5-4-6-9(12)7-8/h4-7,10,14H,3H2,1-2H3. The molecular weight excluding hydrogens is 283 g/mol. The molecule has 0 aliphatic carbocycles. The average molecular weight is 297 g/mol. The summed E-state index contributed by atoms with van der Waals surface area (Å²) in [7, 11) is -3.59. The molecule has 0 saturated heterocycles. The van der Waals surface area contributed by atoms with E-state index >= 15 is 0 Å². The molecule has 6 heteroatoms. The van der Waals surface area contributed by atoms with Crippen molar-refractivity contribution in [2.45, 2.75) is 24.2 Å². The molecule has 0 heterocycles. The van der Waals surface area contributed by atoms with Crippen molar-refractivity contribution in [2.75, 3.05) is 5.75 Å². The van der Waals surface area contributed by atoms with E-state index in [1.807, 2.05) is 0 Å². The van der Waals surface area contributed by atoms with Crippen LogP contribution in [0, 0.1) is 0 Å². The predicted octanol–water partition coefficient (Wildman–Crippen LogP) is 2.76. The van der Waals surface area contributed by atoms with Crippen LogP contribution in [0.4, 0.5) is 0 Å². The third-order valence-corrected chi connectivity index (χ3v) is 5.99. The molecule has 0 aliphatic rings. The van der Waals surface area contributed by atoms with Gasteiger partial charge >= 0.3 is 0 Å². The van der Waals surface area contributed by atoms with Gasteiger partial charge in [-0.3, -0.25) is 0 Å². The highest BCUT2D eigenvalue weighted by atomic mass is 35.5. The lowest BCUT2D eigenvalue weighted by molar-refractivity contribution is 0.162. The molecule has 2 unspecified atom stereocenters. The maximum atomic E-state index is 11.8. The van der Waals surface area contributed by atoms with Crippen molar-refractivity contribution in [1.29, 1.82) is 0 Å². The Morgan fingerprint density at radius 1 is 1.47 bits per heavy atom. The van der Waals surface area contributed by atoms with E-state index in [-0.39, 0.29) is 5.75 Å². The van der Waals surface area contributed by atoms with E-state index in [1.54, 1.807) is 18.2 Å².